The van der Waals surface area contributed by atoms with Crippen molar-refractivity contribution in [2.45, 2.75) is 57.0 Å². The van der Waals surface area contributed by atoms with E-state index in [4.69, 9.17) is 4.74 Å². The average Bonchev–Trinajstić information content (AvgIpc) is 2.83. The van der Waals surface area contributed by atoms with Gasteiger partial charge < -0.3 is 14.5 Å². The van der Waals surface area contributed by atoms with E-state index in [1.165, 1.54) is 10.6 Å². The minimum absolute atomic E-state index is 0.0703. The van der Waals surface area contributed by atoms with E-state index >= 15 is 0 Å². The van der Waals surface area contributed by atoms with Crippen LogP contribution < -0.4 is 10.5 Å². The molecule has 7 nitrogen and oxygen atoms in total. The molecule has 27 heavy (non-hydrogen) atoms. The van der Waals surface area contributed by atoms with Gasteiger partial charge in [-0.1, -0.05) is 0 Å². The zero-order chi connectivity index (χ0) is 19.3. The van der Waals surface area contributed by atoms with Gasteiger partial charge in [-0.2, -0.15) is 13.2 Å². The van der Waals surface area contributed by atoms with Crippen LogP contribution in [0.15, 0.2) is 10.9 Å². The number of nitrogens with zero attached hydrogens (tertiary/aromatic N) is 4. The fourth-order valence-corrected chi connectivity index (χ4v) is 4.37. The minimum atomic E-state index is -4.52. The molecule has 3 unspecified atom stereocenters. The number of aromatic nitrogens is 2. The van der Waals surface area contributed by atoms with Crippen molar-refractivity contribution in [1.82, 2.24) is 14.5 Å². The largest absolute Gasteiger partial charge is 0.408 e. The lowest BCUT2D eigenvalue weighted by atomic mass is 10.1. The van der Waals surface area contributed by atoms with Crippen LogP contribution in [-0.4, -0.2) is 64.4 Å². The number of morpholine rings is 1. The van der Waals surface area contributed by atoms with Gasteiger partial charge in [-0.25, -0.2) is 4.98 Å². The van der Waals surface area contributed by atoms with Crippen molar-refractivity contribution in [2.75, 3.05) is 24.7 Å². The third-order valence-electron chi connectivity index (χ3n) is 5.59. The lowest BCUT2D eigenvalue weighted by Gasteiger charge is -2.41. The quantitative estimate of drug-likeness (QED) is 0.761. The number of anilines is 1. The zero-order valence-corrected chi connectivity index (χ0v) is 14.9. The van der Waals surface area contributed by atoms with Crippen molar-refractivity contribution in [1.29, 1.82) is 0 Å². The minimum Gasteiger partial charge on any atom is -0.377 e. The first-order valence-corrected chi connectivity index (χ1v) is 9.06. The van der Waals surface area contributed by atoms with Gasteiger partial charge >= 0.3 is 6.18 Å². The highest BCUT2D eigenvalue weighted by Gasteiger charge is 2.49. The van der Waals surface area contributed by atoms with E-state index in [2.05, 4.69) is 4.98 Å². The maximum Gasteiger partial charge on any atom is 0.408 e. The molecule has 0 spiro atoms. The van der Waals surface area contributed by atoms with Crippen LogP contribution in [0.5, 0.6) is 0 Å². The molecule has 0 aliphatic carbocycles. The number of carbonyl (C=O) groups excluding carboxylic acids is 1. The molecular formula is C17H21F3N4O3. The van der Waals surface area contributed by atoms with Gasteiger partial charge in [0.15, 0.2) is 0 Å². The Morgan fingerprint density at radius 3 is 2.56 bits per heavy atom. The summed E-state index contributed by atoms with van der Waals surface area (Å²) in [5.74, 6) is -0.452. The fourth-order valence-electron chi connectivity index (χ4n) is 4.37. The lowest BCUT2D eigenvalue weighted by molar-refractivity contribution is -0.155. The molecule has 3 atom stereocenters. The van der Waals surface area contributed by atoms with Crippen molar-refractivity contribution in [2.24, 2.45) is 0 Å². The van der Waals surface area contributed by atoms with Crippen LogP contribution in [-0.2, 0) is 16.1 Å². The smallest absolute Gasteiger partial charge is 0.377 e. The summed E-state index contributed by atoms with van der Waals surface area (Å²) in [6.07, 6.45) is -3.21. The third kappa shape index (κ3) is 3.19. The second-order valence-electron chi connectivity index (χ2n) is 7.38. The standard InChI is InChI=1S/C17H21F3N4O3/c1-10-6-14(25)22-5-4-13(17(18,19)20)23(16(22)21-10)7-15(26)24-11-2-3-12(24)9-27-8-11/h6,11-13H,2-5,7-9H2,1H3. The van der Waals surface area contributed by atoms with Gasteiger partial charge in [0, 0.05) is 18.3 Å². The molecule has 0 aromatic carbocycles. The fraction of sp³-hybridized carbons (Fsp3) is 0.706. The lowest BCUT2D eigenvalue weighted by Crippen LogP contribution is -2.58. The molecule has 10 heteroatoms. The van der Waals surface area contributed by atoms with Crippen molar-refractivity contribution >= 4 is 11.9 Å². The van der Waals surface area contributed by atoms with Crippen LogP contribution in [0.4, 0.5) is 19.1 Å². The molecule has 2 fully saturated rings. The average molecular weight is 386 g/mol. The molecule has 4 rings (SSSR count). The van der Waals surface area contributed by atoms with Gasteiger partial charge in [-0.3, -0.25) is 14.2 Å². The first-order valence-electron chi connectivity index (χ1n) is 9.06. The number of ether oxygens (including phenoxy) is 1. The normalized spacial score (nSPS) is 27.6. The highest BCUT2D eigenvalue weighted by Crippen LogP contribution is 2.35. The Bertz CT molecular complexity index is 794. The number of halogens is 3. The van der Waals surface area contributed by atoms with Gasteiger partial charge in [0.25, 0.3) is 5.56 Å². The maximum atomic E-state index is 13.6. The molecule has 2 bridgehead atoms. The first kappa shape index (κ1) is 18.3. The number of hydrogen-bond donors (Lipinski definition) is 0. The second-order valence-corrected chi connectivity index (χ2v) is 7.38. The highest BCUT2D eigenvalue weighted by atomic mass is 19.4. The van der Waals surface area contributed by atoms with Gasteiger partial charge in [0.2, 0.25) is 11.9 Å². The zero-order valence-electron chi connectivity index (χ0n) is 14.9. The summed E-state index contributed by atoms with van der Waals surface area (Å²) in [5, 5.41) is 0. The topological polar surface area (TPSA) is 67.7 Å². The highest BCUT2D eigenvalue weighted by molar-refractivity contribution is 5.82. The van der Waals surface area contributed by atoms with Crippen molar-refractivity contribution in [3.8, 4) is 0 Å². The molecule has 3 aliphatic heterocycles. The maximum absolute atomic E-state index is 13.6. The molecule has 2 saturated heterocycles. The van der Waals surface area contributed by atoms with Crippen LogP contribution in [0, 0.1) is 6.92 Å². The molecule has 1 aromatic heterocycles. The summed E-state index contributed by atoms with van der Waals surface area (Å²) in [7, 11) is 0. The summed E-state index contributed by atoms with van der Waals surface area (Å²) >= 11 is 0. The molecule has 0 saturated carbocycles. The summed E-state index contributed by atoms with van der Waals surface area (Å²) in [4.78, 5) is 31.9. The number of amides is 1. The van der Waals surface area contributed by atoms with E-state index in [9.17, 15) is 22.8 Å². The third-order valence-corrected chi connectivity index (χ3v) is 5.59. The van der Waals surface area contributed by atoms with Gasteiger partial charge in [-0.05, 0) is 26.2 Å². The van der Waals surface area contributed by atoms with Crippen molar-refractivity contribution < 1.29 is 22.7 Å². The Hall–Kier alpha value is -2.10. The monoisotopic (exact) mass is 386 g/mol. The number of aryl methyl sites for hydroxylation is 1. The number of carbonyl (C=O) groups is 1. The Kier molecular flexibility index (Phi) is 4.40. The Labute approximate surface area is 153 Å². The first-order chi connectivity index (χ1) is 12.8. The summed E-state index contributed by atoms with van der Waals surface area (Å²) < 4.78 is 47.6. The molecular weight excluding hydrogens is 365 g/mol. The number of alkyl halides is 3. The van der Waals surface area contributed by atoms with Crippen LogP contribution in [0.2, 0.25) is 0 Å². The molecule has 148 valence electrons. The summed E-state index contributed by atoms with van der Waals surface area (Å²) in [5.41, 5.74) is -0.0695. The molecule has 3 aliphatic rings. The van der Waals surface area contributed by atoms with Gasteiger partial charge in [-0.15, -0.1) is 0 Å². The van der Waals surface area contributed by atoms with Crippen LogP contribution in [0.3, 0.4) is 0 Å². The predicted molar refractivity (Wildman–Crippen MR) is 89.5 cm³/mol. The second kappa shape index (κ2) is 6.50. The molecule has 0 radical (unpaired) electrons. The summed E-state index contributed by atoms with van der Waals surface area (Å²) in [6, 6.07) is -0.718. The van der Waals surface area contributed by atoms with Crippen LogP contribution >= 0.6 is 0 Å². The molecule has 1 aromatic rings. The van der Waals surface area contributed by atoms with E-state index in [1.54, 1.807) is 11.8 Å². The van der Waals surface area contributed by atoms with E-state index < -0.39 is 24.3 Å². The Balaban J connectivity index is 1.68. The van der Waals surface area contributed by atoms with E-state index in [0.717, 1.165) is 17.7 Å². The molecule has 1 amide bonds. The predicted octanol–water partition coefficient (Wildman–Crippen LogP) is 1.08. The molecule has 0 N–H and O–H groups in total. The SMILES string of the molecule is Cc1cc(=O)n2c(n1)N(CC(=O)N1C3CCC1COC3)C(C(F)(F)F)CC2. The van der Waals surface area contributed by atoms with E-state index in [-0.39, 0.29) is 36.9 Å². The van der Waals surface area contributed by atoms with E-state index in [1.807, 2.05) is 0 Å². The number of fused-ring (bicyclic) bond motifs is 3. The van der Waals surface area contributed by atoms with Crippen LogP contribution in [0.25, 0.3) is 0 Å². The number of hydrogen-bond acceptors (Lipinski definition) is 5. The summed E-state index contributed by atoms with van der Waals surface area (Å²) in [6.45, 7) is 1.87. The van der Waals surface area contributed by atoms with Crippen molar-refractivity contribution in [3.05, 3.63) is 22.1 Å². The number of rotatable bonds is 2. The van der Waals surface area contributed by atoms with Gasteiger partial charge in [0.1, 0.15) is 12.6 Å². The van der Waals surface area contributed by atoms with Crippen LogP contribution in [0.1, 0.15) is 25.0 Å². The van der Waals surface area contributed by atoms with Gasteiger partial charge in [0.05, 0.1) is 25.3 Å². The Morgan fingerprint density at radius 2 is 1.93 bits per heavy atom. The van der Waals surface area contributed by atoms with Crippen molar-refractivity contribution in [3.63, 3.8) is 0 Å². The van der Waals surface area contributed by atoms with E-state index in [0.29, 0.717) is 18.9 Å². The Morgan fingerprint density at radius 1 is 1.26 bits per heavy atom. The molecule has 4 heterocycles.